The minimum Gasteiger partial charge on any atom is -0.506 e. The molecular formula is C49H68F3N5O9. The molecule has 2 aromatic rings. The second kappa shape index (κ2) is 23.0. The minimum atomic E-state index is -5.08. The normalized spacial score (nSPS) is 22.8. The van der Waals surface area contributed by atoms with Crippen molar-refractivity contribution >= 4 is 29.4 Å². The molecule has 5 fully saturated rings. The van der Waals surface area contributed by atoms with Gasteiger partial charge in [0, 0.05) is 58.3 Å². The number of phenols is 1. The molecule has 4 N–H and O–H groups in total. The Morgan fingerprint density at radius 2 is 1.73 bits per heavy atom. The Labute approximate surface area is 385 Å². The number of piperidine rings is 1. The van der Waals surface area contributed by atoms with Crippen molar-refractivity contribution < 1.29 is 56.8 Å². The smallest absolute Gasteiger partial charge is 0.490 e. The number of nitrogens with one attached hydrogen (secondary N) is 2. The number of fused-ring (bicyclic) bond motifs is 3. The van der Waals surface area contributed by atoms with Crippen molar-refractivity contribution in [3.63, 3.8) is 0 Å². The molecule has 0 aromatic heterocycles. The second-order valence-corrected chi connectivity index (χ2v) is 19.2. The van der Waals surface area contributed by atoms with E-state index in [0.717, 1.165) is 101 Å². The molecule has 3 atom stereocenters. The van der Waals surface area contributed by atoms with Crippen LogP contribution in [0.15, 0.2) is 36.4 Å². The molecule has 3 aliphatic carbocycles. The van der Waals surface area contributed by atoms with Crippen LogP contribution in [0.2, 0.25) is 0 Å². The third kappa shape index (κ3) is 13.6. The molecule has 6 aliphatic rings. The van der Waals surface area contributed by atoms with Gasteiger partial charge in [0.2, 0.25) is 11.8 Å². The van der Waals surface area contributed by atoms with E-state index in [9.17, 15) is 32.7 Å². The van der Waals surface area contributed by atoms with Gasteiger partial charge in [-0.2, -0.15) is 13.2 Å². The van der Waals surface area contributed by atoms with Crippen LogP contribution in [0.4, 0.5) is 18.9 Å². The first kappa shape index (κ1) is 49.5. The number of nitrogens with zero attached hydrogens (tertiary/aromatic N) is 3. The summed E-state index contributed by atoms with van der Waals surface area (Å²) in [6.07, 6.45) is 10.5. The van der Waals surface area contributed by atoms with Crippen LogP contribution in [0, 0.1) is 17.8 Å². The largest absolute Gasteiger partial charge is 0.506 e. The number of phenolic OH excluding ortho intramolecular Hbond substituents is 1. The van der Waals surface area contributed by atoms with Gasteiger partial charge in [-0.05, 0) is 105 Å². The van der Waals surface area contributed by atoms with Crippen LogP contribution in [0.5, 0.6) is 11.5 Å². The fraction of sp³-hybridized carbons (Fsp3) is 0.673. The molecule has 2 bridgehead atoms. The number of benzene rings is 2. The van der Waals surface area contributed by atoms with E-state index in [1.807, 2.05) is 6.07 Å². The number of ether oxygens (including phenoxy) is 3. The summed E-state index contributed by atoms with van der Waals surface area (Å²) in [7, 11) is 0. The van der Waals surface area contributed by atoms with Gasteiger partial charge < -0.3 is 44.9 Å². The van der Waals surface area contributed by atoms with E-state index in [1.54, 1.807) is 6.07 Å². The molecule has 66 heavy (non-hydrogen) atoms. The molecule has 3 saturated carbocycles. The zero-order valence-electron chi connectivity index (χ0n) is 38.1. The summed E-state index contributed by atoms with van der Waals surface area (Å²) in [5.41, 5.74) is 3.62. The van der Waals surface area contributed by atoms with Crippen LogP contribution in [0.3, 0.4) is 0 Å². The second-order valence-electron chi connectivity index (χ2n) is 19.2. The standard InChI is InChI=1S/C47H67N5O7.C2HF3O2/c53-41-12-11-37(46-45(41)49-42(54)32-58-46)13-18-48-19-22-52(40-7-2-1-3-8-40)43(55)15-25-57-24-14-34-5-4-6-36(27-34)31-50-20-16-47(17-21-50)33-51(23-26-59-47)44(56)30-39-29-35-9-10-38(39)28-35;3-2(4,5)1(6)7/h4-6,11-12,27,35,38-40,48,53H,1-3,7-10,13-26,28-33H2,(H,49,54);(H,6,7). The molecule has 3 aliphatic heterocycles. The van der Waals surface area contributed by atoms with Crippen LogP contribution >= 0.6 is 0 Å². The Morgan fingerprint density at radius 3 is 2.45 bits per heavy atom. The van der Waals surface area contributed by atoms with Crippen LogP contribution in [-0.2, 0) is 48.0 Å². The number of carbonyl (C=O) groups excluding carboxylic acids is 3. The molecule has 1 spiro atoms. The van der Waals surface area contributed by atoms with E-state index in [2.05, 4.69) is 49.6 Å². The Hall–Kier alpha value is -4.45. The van der Waals surface area contributed by atoms with E-state index < -0.39 is 12.1 Å². The van der Waals surface area contributed by atoms with E-state index >= 15 is 0 Å². The fourth-order valence-electron chi connectivity index (χ4n) is 11.1. The van der Waals surface area contributed by atoms with Crippen molar-refractivity contribution in [3.05, 3.63) is 53.1 Å². The van der Waals surface area contributed by atoms with Gasteiger partial charge in [0.1, 0.15) is 11.4 Å². The number of anilines is 1. The van der Waals surface area contributed by atoms with Crippen molar-refractivity contribution in [1.29, 1.82) is 0 Å². The van der Waals surface area contributed by atoms with Gasteiger partial charge in [-0.1, -0.05) is 56.0 Å². The van der Waals surface area contributed by atoms with Gasteiger partial charge in [-0.15, -0.1) is 0 Å². The van der Waals surface area contributed by atoms with Gasteiger partial charge in [0.15, 0.2) is 12.4 Å². The number of carboxylic acid groups (broad SMARTS) is 1. The Balaban J connectivity index is 0.000000858. The topological polar surface area (TPSA) is 170 Å². The van der Waals surface area contributed by atoms with E-state index in [0.29, 0.717) is 75.6 Å². The number of amides is 3. The molecule has 8 rings (SSSR count). The molecule has 0 radical (unpaired) electrons. The summed E-state index contributed by atoms with van der Waals surface area (Å²) < 4.78 is 49.8. The van der Waals surface area contributed by atoms with Crippen molar-refractivity contribution in [2.24, 2.45) is 17.8 Å². The predicted molar refractivity (Wildman–Crippen MR) is 240 cm³/mol. The molecule has 364 valence electrons. The SMILES string of the molecule is O=C(O)C(F)(F)F.O=C1COc2c(CCNCCN(C(=O)CCOCCc3cccc(CN4CCC5(CC4)CN(C(=O)CC4CC6CCC4C6)CCO5)c3)C3CCCCC3)ccc(O)c2N1. The van der Waals surface area contributed by atoms with Crippen molar-refractivity contribution in [2.45, 2.75) is 121 Å². The van der Waals surface area contributed by atoms with Crippen molar-refractivity contribution in [2.75, 3.05) is 77.6 Å². The average molecular weight is 928 g/mol. The summed E-state index contributed by atoms with van der Waals surface area (Å²) >= 11 is 0. The molecule has 3 heterocycles. The number of likely N-dealkylation sites (tertiary alicyclic amines) is 1. The molecular weight excluding hydrogens is 860 g/mol. The Bertz CT molecular complexity index is 1970. The molecule has 17 heteroatoms. The van der Waals surface area contributed by atoms with Crippen LogP contribution in [-0.4, -0.2) is 139 Å². The Morgan fingerprint density at radius 1 is 0.955 bits per heavy atom. The summed E-state index contributed by atoms with van der Waals surface area (Å²) in [5, 5.41) is 23.5. The van der Waals surface area contributed by atoms with Crippen molar-refractivity contribution in [1.82, 2.24) is 20.0 Å². The maximum atomic E-state index is 13.6. The number of carboxylic acids is 1. The highest BCUT2D eigenvalue weighted by molar-refractivity contribution is 5.97. The molecule has 14 nitrogen and oxygen atoms in total. The first-order valence-electron chi connectivity index (χ1n) is 24.1. The highest BCUT2D eigenvalue weighted by Crippen LogP contribution is 2.50. The van der Waals surface area contributed by atoms with Crippen LogP contribution < -0.4 is 15.4 Å². The maximum absolute atomic E-state index is 13.6. The number of halogens is 3. The van der Waals surface area contributed by atoms with Gasteiger partial charge in [0.25, 0.3) is 5.91 Å². The van der Waals surface area contributed by atoms with E-state index in [-0.39, 0.29) is 35.8 Å². The lowest BCUT2D eigenvalue weighted by Crippen LogP contribution is -2.58. The molecule has 3 unspecified atom stereocenters. The van der Waals surface area contributed by atoms with Gasteiger partial charge >= 0.3 is 12.1 Å². The molecule has 3 amide bonds. The maximum Gasteiger partial charge on any atom is 0.490 e. The number of alkyl halides is 3. The van der Waals surface area contributed by atoms with Crippen LogP contribution in [0.1, 0.15) is 100 Å². The quantitative estimate of drug-likeness (QED) is 0.104. The lowest BCUT2D eigenvalue weighted by Gasteiger charge is -2.47. The average Bonchev–Trinajstić information content (AvgIpc) is 3.93. The highest BCUT2D eigenvalue weighted by Gasteiger charge is 2.44. The lowest BCUT2D eigenvalue weighted by atomic mass is 9.85. The number of hydrogen-bond donors (Lipinski definition) is 4. The van der Waals surface area contributed by atoms with Gasteiger partial charge in [-0.25, -0.2) is 4.79 Å². The lowest BCUT2D eigenvalue weighted by molar-refractivity contribution is -0.192. The molecule has 2 aromatic carbocycles. The predicted octanol–water partition coefficient (Wildman–Crippen LogP) is 6.32. The number of morpholine rings is 1. The van der Waals surface area contributed by atoms with Crippen molar-refractivity contribution in [3.8, 4) is 11.5 Å². The Kier molecular flexibility index (Phi) is 17.3. The summed E-state index contributed by atoms with van der Waals surface area (Å²) in [4.78, 5) is 54.3. The third-order valence-corrected chi connectivity index (χ3v) is 14.6. The van der Waals surface area contributed by atoms with E-state index in [1.165, 1.54) is 43.2 Å². The highest BCUT2D eigenvalue weighted by atomic mass is 19.4. The van der Waals surface area contributed by atoms with Crippen LogP contribution in [0.25, 0.3) is 0 Å². The monoisotopic (exact) mass is 927 g/mol. The molecule has 2 saturated heterocycles. The number of rotatable bonds is 17. The number of hydrogen-bond acceptors (Lipinski definition) is 10. The van der Waals surface area contributed by atoms with E-state index in [4.69, 9.17) is 24.1 Å². The summed E-state index contributed by atoms with van der Waals surface area (Å²) in [6.45, 7) is 7.96. The number of carbonyl (C=O) groups is 4. The first-order chi connectivity index (χ1) is 31.7. The third-order valence-electron chi connectivity index (χ3n) is 14.6. The zero-order valence-corrected chi connectivity index (χ0v) is 38.1. The number of aliphatic carboxylic acids is 1. The summed E-state index contributed by atoms with van der Waals surface area (Å²) in [6, 6.07) is 12.5. The summed E-state index contributed by atoms with van der Waals surface area (Å²) in [5.74, 6) is 0.307. The fourth-order valence-corrected chi connectivity index (χ4v) is 11.1. The first-order valence-corrected chi connectivity index (χ1v) is 24.1. The van der Waals surface area contributed by atoms with Gasteiger partial charge in [0.05, 0.1) is 31.8 Å². The minimum absolute atomic E-state index is 0.000198. The number of aromatic hydroxyl groups is 1. The van der Waals surface area contributed by atoms with Gasteiger partial charge in [-0.3, -0.25) is 19.3 Å². The zero-order chi connectivity index (χ0) is 46.7.